The molecule has 0 aliphatic heterocycles. The van der Waals surface area contributed by atoms with E-state index >= 15 is 0 Å². The summed E-state index contributed by atoms with van der Waals surface area (Å²) < 4.78 is 4.74. The molecule has 0 spiro atoms. The lowest BCUT2D eigenvalue weighted by molar-refractivity contribution is 0.481. The number of fused-ring (bicyclic) bond motifs is 2. The minimum atomic E-state index is -0.338. The highest BCUT2D eigenvalue weighted by Gasteiger charge is 2.20. The maximum absolute atomic E-state index is 13.1. The van der Waals surface area contributed by atoms with Crippen LogP contribution in [0.5, 0.6) is 5.75 Å². The number of benzene rings is 2. The number of rotatable bonds is 2. The largest absolute Gasteiger partial charge is 0.506 e. The Morgan fingerprint density at radius 3 is 2.16 bits per heavy atom. The van der Waals surface area contributed by atoms with Crippen LogP contribution in [0.25, 0.3) is 38.8 Å². The topological polar surface area (TPSA) is 82.1 Å². The van der Waals surface area contributed by atoms with Gasteiger partial charge in [-0.25, -0.2) is 4.68 Å². The van der Waals surface area contributed by atoms with Crippen LogP contribution in [0.15, 0.2) is 70.3 Å². The molecule has 0 saturated carbocycles. The molecule has 0 saturated heterocycles. The molecule has 5 aromatic rings. The van der Waals surface area contributed by atoms with Crippen LogP contribution in [-0.4, -0.2) is 24.0 Å². The molecule has 7 heteroatoms. The Morgan fingerprint density at radius 2 is 1.45 bits per heavy atom. The Kier molecular flexibility index (Phi) is 4.08. The van der Waals surface area contributed by atoms with Gasteiger partial charge in [0.05, 0.1) is 16.7 Å². The van der Waals surface area contributed by atoms with Gasteiger partial charge in [-0.1, -0.05) is 30.3 Å². The SMILES string of the molecule is Cc1cc(-c2c(O)c3ccccc3n(C)c2=O)nn1-c1cc(=O)n(C)c2ccccc12. The summed E-state index contributed by atoms with van der Waals surface area (Å²) in [6.07, 6.45) is 0. The van der Waals surface area contributed by atoms with Gasteiger partial charge in [0.15, 0.2) is 0 Å². The molecule has 0 aliphatic rings. The van der Waals surface area contributed by atoms with Crippen LogP contribution < -0.4 is 11.1 Å². The van der Waals surface area contributed by atoms with Gasteiger partial charge in [0.2, 0.25) is 0 Å². The third kappa shape index (κ3) is 2.70. The lowest BCUT2D eigenvalue weighted by Crippen LogP contribution is -2.20. The third-order valence-corrected chi connectivity index (χ3v) is 5.78. The van der Waals surface area contributed by atoms with E-state index in [2.05, 4.69) is 5.10 Å². The molecule has 0 fully saturated rings. The summed E-state index contributed by atoms with van der Waals surface area (Å²) in [5.41, 5.74) is 2.78. The van der Waals surface area contributed by atoms with Gasteiger partial charge >= 0.3 is 0 Å². The predicted octanol–water partition coefficient (Wildman–Crippen LogP) is 3.26. The number of hydrogen-bond acceptors (Lipinski definition) is 4. The lowest BCUT2D eigenvalue weighted by Gasteiger charge is -2.12. The quantitative estimate of drug-likeness (QED) is 0.483. The highest BCUT2D eigenvalue weighted by Crippen LogP contribution is 2.33. The summed E-state index contributed by atoms with van der Waals surface area (Å²) >= 11 is 0. The number of hydrogen-bond donors (Lipinski definition) is 1. The molecule has 0 atom stereocenters. The van der Waals surface area contributed by atoms with Crippen molar-refractivity contribution in [2.24, 2.45) is 14.1 Å². The Hall–Kier alpha value is -4.13. The second-order valence-electron chi connectivity index (χ2n) is 7.63. The van der Waals surface area contributed by atoms with Crippen molar-refractivity contribution in [2.45, 2.75) is 6.92 Å². The number of aromatic nitrogens is 4. The van der Waals surface area contributed by atoms with E-state index in [0.29, 0.717) is 22.3 Å². The van der Waals surface area contributed by atoms with Gasteiger partial charge < -0.3 is 14.2 Å². The zero-order valence-corrected chi connectivity index (χ0v) is 17.3. The second kappa shape index (κ2) is 6.70. The van der Waals surface area contributed by atoms with E-state index in [1.54, 1.807) is 41.5 Å². The van der Waals surface area contributed by atoms with Gasteiger partial charge in [0, 0.05) is 36.6 Å². The molecule has 3 aromatic heterocycles. The Labute approximate surface area is 177 Å². The molecule has 2 aromatic carbocycles. The molecular weight excluding hydrogens is 392 g/mol. The summed E-state index contributed by atoms with van der Waals surface area (Å²) in [6, 6.07) is 18.1. The Morgan fingerprint density at radius 1 is 0.839 bits per heavy atom. The summed E-state index contributed by atoms with van der Waals surface area (Å²) in [6.45, 7) is 1.85. The summed E-state index contributed by atoms with van der Waals surface area (Å²) in [7, 11) is 3.40. The minimum absolute atomic E-state index is 0.0998. The Balaban J connectivity index is 1.81. The average Bonchev–Trinajstić information content (AvgIpc) is 3.15. The number of para-hydroxylation sites is 2. The molecule has 154 valence electrons. The monoisotopic (exact) mass is 412 g/mol. The van der Waals surface area contributed by atoms with Gasteiger partial charge in [0.1, 0.15) is 17.0 Å². The number of nitrogens with zero attached hydrogens (tertiary/aromatic N) is 4. The molecule has 3 heterocycles. The molecular formula is C24H20N4O3. The van der Waals surface area contributed by atoms with Crippen LogP contribution in [0.2, 0.25) is 0 Å². The van der Waals surface area contributed by atoms with Gasteiger partial charge in [-0.15, -0.1) is 0 Å². The average molecular weight is 412 g/mol. The first-order valence-electron chi connectivity index (χ1n) is 9.85. The molecule has 0 unspecified atom stereocenters. The number of aryl methyl sites for hydroxylation is 3. The van der Waals surface area contributed by atoms with Gasteiger partial charge in [-0.05, 0) is 31.2 Å². The first-order chi connectivity index (χ1) is 14.9. The van der Waals surface area contributed by atoms with E-state index in [4.69, 9.17) is 0 Å². The molecule has 7 nitrogen and oxygen atoms in total. The second-order valence-corrected chi connectivity index (χ2v) is 7.63. The molecule has 0 amide bonds. The van der Waals surface area contributed by atoms with Crippen molar-refractivity contribution in [3.05, 3.63) is 87.1 Å². The molecule has 31 heavy (non-hydrogen) atoms. The van der Waals surface area contributed by atoms with E-state index < -0.39 is 0 Å². The van der Waals surface area contributed by atoms with Crippen LogP contribution in [0, 0.1) is 6.92 Å². The van der Waals surface area contributed by atoms with Crippen LogP contribution >= 0.6 is 0 Å². The maximum atomic E-state index is 13.1. The zero-order valence-electron chi connectivity index (χ0n) is 17.3. The molecule has 0 aliphatic carbocycles. The van der Waals surface area contributed by atoms with Crippen LogP contribution in [0.1, 0.15) is 5.69 Å². The van der Waals surface area contributed by atoms with Crippen molar-refractivity contribution >= 4 is 21.8 Å². The van der Waals surface area contributed by atoms with Gasteiger partial charge in [-0.3, -0.25) is 9.59 Å². The van der Waals surface area contributed by atoms with Gasteiger partial charge in [-0.2, -0.15) is 5.10 Å². The van der Waals surface area contributed by atoms with Crippen LogP contribution in [0.3, 0.4) is 0 Å². The first kappa shape index (κ1) is 18.9. The third-order valence-electron chi connectivity index (χ3n) is 5.78. The van der Waals surface area contributed by atoms with Gasteiger partial charge in [0.25, 0.3) is 11.1 Å². The van der Waals surface area contributed by atoms with E-state index in [0.717, 1.165) is 16.6 Å². The summed E-state index contributed by atoms with van der Waals surface area (Å²) in [4.78, 5) is 25.6. The maximum Gasteiger partial charge on any atom is 0.264 e. The molecule has 0 bridgehead atoms. The first-order valence-corrected chi connectivity index (χ1v) is 9.85. The number of aromatic hydroxyl groups is 1. The molecule has 0 radical (unpaired) electrons. The van der Waals surface area contributed by atoms with Crippen LogP contribution in [0.4, 0.5) is 0 Å². The fourth-order valence-corrected chi connectivity index (χ4v) is 4.12. The van der Waals surface area contributed by atoms with E-state index in [9.17, 15) is 14.7 Å². The standard InChI is InChI=1S/C24H20N4O3/c1-14-12-17(22-23(30)16-9-5-7-11-19(16)27(3)24(22)31)25-28(14)20-13-21(29)26(2)18-10-6-4-8-15(18)20/h4-13,30H,1-3H3. The lowest BCUT2D eigenvalue weighted by atomic mass is 10.1. The van der Waals surface area contributed by atoms with Crippen molar-refractivity contribution in [1.29, 1.82) is 0 Å². The van der Waals surface area contributed by atoms with Crippen molar-refractivity contribution in [3.63, 3.8) is 0 Å². The fourth-order valence-electron chi connectivity index (χ4n) is 4.12. The van der Waals surface area contributed by atoms with Crippen molar-refractivity contribution in [1.82, 2.24) is 18.9 Å². The van der Waals surface area contributed by atoms with Crippen molar-refractivity contribution in [2.75, 3.05) is 0 Å². The fraction of sp³-hybridized carbons (Fsp3) is 0.125. The van der Waals surface area contributed by atoms with Crippen molar-refractivity contribution in [3.8, 4) is 22.7 Å². The van der Waals surface area contributed by atoms with E-state index in [-0.39, 0.29) is 22.4 Å². The summed E-state index contributed by atoms with van der Waals surface area (Å²) in [5, 5.41) is 17.0. The predicted molar refractivity (Wildman–Crippen MR) is 121 cm³/mol. The van der Waals surface area contributed by atoms with Crippen molar-refractivity contribution < 1.29 is 5.11 Å². The van der Waals surface area contributed by atoms with E-state index in [1.165, 1.54) is 10.6 Å². The highest BCUT2D eigenvalue weighted by atomic mass is 16.3. The Bertz CT molecular complexity index is 1620. The molecule has 5 rings (SSSR count). The zero-order chi connectivity index (χ0) is 21.9. The summed E-state index contributed by atoms with van der Waals surface area (Å²) in [5.74, 6) is -0.0998. The smallest absolute Gasteiger partial charge is 0.264 e. The molecule has 1 N–H and O–H groups in total. The minimum Gasteiger partial charge on any atom is -0.506 e. The highest BCUT2D eigenvalue weighted by molar-refractivity contribution is 5.92. The van der Waals surface area contributed by atoms with E-state index in [1.807, 2.05) is 43.3 Å². The normalized spacial score (nSPS) is 11.5. The van der Waals surface area contributed by atoms with Crippen LogP contribution in [-0.2, 0) is 14.1 Å². The number of pyridine rings is 2.